The van der Waals surface area contributed by atoms with Crippen molar-refractivity contribution in [1.29, 1.82) is 0 Å². The van der Waals surface area contributed by atoms with Gasteiger partial charge in [-0.25, -0.2) is 4.39 Å². The van der Waals surface area contributed by atoms with Crippen LogP contribution in [0.5, 0.6) is 0 Å². The van der Waals surface area contributed by atoms with E-state index in [9.17, 15) is 19.3 Å². The van der Waals surface area contributed by atoms with E-state index in [0.717, 1.165) is 11.5 Å². The van der Waals surface area contributed by atoms with Crippen LogP contribution in [0, 0.1) is 15.9 Å². The second kappa shape index (κ2) is 7.62. The lowest BCUT2D eigenvalue weighted by atomic mass is 10.2. The van der Waals surface area contributed by atoms with Gasteiger partial charge >= 0.3 is 0 Å². The Balaban J connectivity index is 1.63. The second-order valence-electron chi connectivity index (χ2n) is 5.10. The average Bonchev–Trinajstić information content (AvgIpc) is 3.09. The Hall–Kier alpha value is -3.46. The molecular weight excluding hydrogens is 359 g/mol. The van der Waals surface area contributed by atoms with Gasteiger partial charge in [-0.15, -0.1) is 0 Å². The number of amides is 1. The van der Waals surface area contributed by atoms with Crippen LogP contribution in [-0.2, 0) is 4.79 Å². The number of nitro groups is 1. The number of rotatable bonds is 5. The molecule has 2 aromatic carbocycles. The first-order chi connectivity index (χ1) is 12.5. The number of carbonyl (C=O) groups excluding carboxylic acids is 1. The fourth-order valence-electron chi connectivity index (χ4n) is 2.02. The van der Waals surface area contributed by atoms with Gasteiger partial charge in [-0.05, 0) is 48.0 Å². The van der Waals surface area contributed by atoms with Crippen LogP contribution < -0.4 is 5.32 Å². The minimum Gasteiger partial charge on any atom is -0.297 e. The van der Waals surface area contributed by atoms with Crippen molar-refractivity contribution in [1.82, 2.24) is 9.36 Å². The molecule has 0 aliphatic rings. The van der Waals surface area contributed by atoms with E-state index in [1.54, 1.807) is 24.3 Å². The molecule has 0 bridgehead atoms. The van der Waals surface area contributed by atoms with E-state index in [1.807, 2.05) is 0 Å². The number of benzene rings is 2. The molecule has 0 saturated carbocycles. The van der Waals surface area contributed by atoms with Gasteiger partial charge in [-0.3, -0.25) is 20.2 Å². The Labute approximate surface area is 151 Å². The first-order valence-corrected chi connectivity index (χ1v) is 8.12. The van der Waals surface area contributed by atoms with Crippen molar-refractivity contribution in [3.8, 4) is 11.4 Å². The normalized spacial score (nSPS) is 10.8. The monoisotopic (exact) mass is 370 g/mol. The maximum absolute atomic E-state index is 12.9. The van der Waals surface area contributed by atoms with Crippen molar-refractivity contribution in [2.75, 3.05) is 5.32 Å². The maximum Gasteiger partial charge on any atom is 0.269 e. The van der Waals surface area contributed by atoms with Crippen molar-refractivity contribution in [2.45, 2.75) is 0 Å². The van der Waals surface area contributed by atoms with Crippen LogP contribution in [0.3, 0.4) is 0 Å². The number of halogens is 1. The number of hydrogen-bond donors (Lipinski definition) is 1. The quantitative estimate of drug-likeness (QED) is 0.417. The summed E-state index contributed by atoms with van der Waals surface area (Å²) in [6, 6.07) is 11.5. The fourth-order valence-corrected chi connectivity index (χ4v) is 2.61. The Morgan fingerprint density at radius 3 is 2.50 bits per heavy atom. The molecule has 0 saturated heterocycles. The van der Waals surface area contributed by atoms with E-state index in [-0.39, 0.29) is 11.5 Å². The van der Waals surface area contributed by atoms with Crippen molar-refractivity contribution >= 4 is 34.3 Å². The van der Waals surface area contributed by atoms with Crippen LogP contribution in [0.4, 0.5) is 15.2 Å². The van der Waals surface area contributed by atoms with Gasteiger partial charge in [0.2, 0.25) is 11.0 Å². The first kappa shape index (κ1) is 17.4. The smallest absolute Gasteiger partial charge is 0.269 e. The van der Waals surface area contributed by atoms with E-state index < -0.39 is 10.8 Å². The lowest BCUT2D eigenvalue weighted by Crippen LogP contribution is -2.07. The van der Waals surface area contributed by atoms with Gasteiger partial charge in [0, 0.05) is 35.3 Å². The third-order valence-electron chi connectivity index (χ3n) is 3.29. The lowest BCUT2D eigenvalue weighted by Gasteiger charge is -1.96. The van der Waals surface area contributed by atoms with Crippen LogP contribution in [0.2, 0.25) is 0 Å². The maximum atomic E-state index is 12.9. The molecule has 0 fully saturated rings. The molecule has 0 aliphatic carbocycles. The summed E-state index contributed by atoms with van der Waals surface area (Å²) in [5.41, 5.74) is 1.27. The molecule has 130 valence electrons. The van der Waals surface area contributed by atoms with E-state index >= 15 is 0 Å². The van der Waals surface area contributed by atoms with Crippen molar-refractivity contribution in [3.05, 3.63) is 76.1 Å². The second-order valence-corrected chi connectivity index (χ2v) is 5.85. The third kappa shape index (κ3) is 4.33. The van der Waals surface area contributed by atoms with Gasteiger partial charge in [-0.1, -0.05) is 0 Å². The summed E-state index contributed by atoms with van der Waals surface area (Å²) in [5, 5.41) is 13.5. The molecule has 1 N–H and O–H groups in total. The molecule has 0 spiro atoms. The van der Waals surface area contributed by atoms with Crippen molar-refractivity contribution in [2.24, 2.45) is 0 Å². The molecule has 0 unspecified atom stereocenters. The molecule has 9 heteroatoms. The van der Waals surface area contributed by atoms with Gasteiger partial charge in [0.25, 0.3) is 5.69 Å². The van der Waals surface area contributed by atoms with E-state index in [1.165, 1.54) is 36.4 Å². The zero-order valence-electron chi connectivity index (χ0n) is 13.1. The highest BCUT2D eigenvalue weighted by Crippen LogP contribution is 2.21. The van der Waals surface area contributed by atoms with Crippen LogP contribution in [-0.4, -0.2) is 20.2 Å². The number of hydrogen-bond acceptors (Lipinski definition) is 6. The predicted molar refractivity (Wildman–Crippen MR) is 96.1 cm³/mol. The fraction of sp³-hybridized carbons (Fsp3) is 0. The summed E-state index contributed by atoms with van der Waals surface area (Å²) in [5.74, 6) is -0.372. The Bertz CT molecular complexity index is 968. The topological polar surface area (TPSA) is 98.0 Å². The van der Waals surface area contributed by atoms with E-state index in [4.69, 9.17) is 0 Å². The van der Waals surface area contributed by atoms with E-state index in [2.05, 4.69) is 14.7 Å². The van der Waals surface area contributed by atoms with Crippen LogP contribution in [0.25, 0.3) is 17.5 Å². The molecule has 7 nitrogen and oxygen atoms in total. The van der Waals surface area contributed by atoms with E-state index in [0.29, 0.717) is 22.1 Å². The Morgan fingerprint density at radius 1 is 1.15 bits per heavy atom. The Kier molecular flexibility index (Phi) is 5.09. The van der Waals surface area contributed by atoms with Crippen LogP contribution >= 0.6 is 11.5 Å². The van der Waals surface area contributed by atoms with Gasteiger partial charge in [-0.2, -0.15) is 9.36 Å². The average molecular weight is 370 g/mol. The first-order valence-electron chi connectivity index (χ1n) is 7.34. The van der Waals surface area contributed by atoms with Gasteiger partial charge in [0.1, 0.15) is 5.82 Å². The van der Waals surface area contributed by atoms with Crippen molar-refractivity contribution in [3.63, 3.8) is 0 Å². The predicted octanol–water partition coefficient (Wildman–Crippen LogP) is 3.90. The number of nitrogens with one attached hydrogen (secondary N) is 1. The molecule has 0 atom stereocenters. The molecule has 1 aromatic heterocycles. The SMILES string of the molecule is O=C(/C=C/c1ccc([N+](=O)[O-])cc1)Nc1nc(-c2ccc(F)cc2)ns1. The number of anilines is 1. The largest absolute Gasteiger partial charge is 0.297 e. The summed E-state index contributed by atoms with van der Waals surface area (Å²) >= 11 is 1.01. The van der Waals surface area contributed by atoms with Crippen LogP contribution in [0.15, 0.2) is 54.6 Å². The van der Waals surface area contributed by atoms with Crippen molar-refractivity contribution < 1.29 is 14.1 Å². The Morgan fingerprint density at radius 2 is 1.85 bits per heavy atom. The minimum atomic E-state index is -0.492. The number of nitrogens with zero attached hydrogens (tertiary/aromatic N) is 3. The molecular formula is C17H11FN4O3S. The number of non-ortho nitro benzene ring substituents is 1. The summed E-state index contributed by atoms with van der Waals surface area (Å²) < 4.78 is 17.0. The summed E-state index contributed by atoms with van der Waals surface area (Å²) in [6.07, 6.45) is 2.82. The number of nitro benzene ring substituents is 1. The summed E-state index contributed by atoms with van der Waals surface area (Å²) in [7, 11) is 0. The van der Waals surface area contributed by atoms with Gasteiger partial charge in [0.05, 0.1) is 4.92 Å². The zero-order valence-corrected chi connectivity index (χ0v) is 13.9. The molecule has 0 aliphatic heterocycles. The third-order valence-corrected chi connectivity index (χ3v) is 3.92. The molecule has 1 heterocycles. The lowest BCUT2D eigenvalue weighted by molar-refractivity contribution is -0.384. The highest BCUT2D eigenvalue weighted by molar-refractivity contribution is 7.10. The zero-order chi connectivity index (χ0) is 18.5. The molecule has 3 aromatic rings. The van der Waals surface area contributed by atoms with Gasteiger partial charge < -0.3 is 0 Å². The molecule has 26 heavy (non-hydrogen) atoms. The molecule has 0 radical (unpaired) electrons. The standard InChI is InChI=1S/C17H11FN4O3S/c18-13-6-4-12(5-7-13)16-20-17(26-21-16)19-15(23)10-3-11-1-8-14(9-2-11)22(24)25/h1-10H,(H,19,20,21,23)/b10-3+. The number of aromatic nitrogens is 2. The summed E-state index contributed by atoms with van der Waals surface area (Å²) in [6.45, 7) is 0. The summed E-state index contributed by atoms with van der Waals surface area (Å²) in [4.78, 5) is 26.2. The highest BCUT2D eigenvalue weighted by Gasteiger charge is 2.08. The minimum absolute atomic E-state index is 0.0196. The van der Waals surface area contributed by atoms with Crippen LogP contribution in [0.1, 0.15) is 5.56 Å². The number of carbonyl (C=O) groups is 1. The van der Waals surface area contributed by atoms with Gasteiger partial charge in [0.15, 0.2) is 5.82 Å². The molecule has 3 rings (SSSR count). The molecule has 1 amide bonds. The highest BCUT2D eigenvalue weighted by atomic mass is 32.1.